The lowest BCUT2D eigenvalue weighted by Gasteiger charge is -2.19. The summed E-state index contributed by atoms with van der Waals surface area (Å²) in [5.74, 6) is 0. The minimum atomic E-state index is -2.19. The molecule has 154 valence electrons. The summed E-state index contributed by atoms with van der Waals surface area (Å²) < 4.78 is 44.7. The number of nitrogens with zero attached hydrogens (tertiary/aromatic N) is 3. The number of hydrogen-bond donors (Lipinski definition) is 1. The molecule has 1 N–H and O–H groups in total. The van der Waals surface area contributed by atoms with E-state index in [4.69, 9.17) is 57.0 Å². The van der Waals surface area contributed by atoms with Gasteiger partial charge in [0.1, 0.15) is 0 Å². The molecular weight excluding hydrogens is 457 g/mol. The predicted molar refractivity (Wildman–Crippen MR) is 117 cm³/mol. The van der Waals surface area contributed by atoms with E-state index in [9.17, 15) is 0 Å². The number of aryl methyl sites for hydroxylation is 1. The number of imidazole rings is 1. The van der Waals surface area contributed by atoms with E-state index in [0.29, 0.717) is 20.0 Å². The van der Waals surface area contributed by atoms with Crippen LogP contribution in [0, 0.1) is 10.1 Å². The van der Waals surface area contributed by atoms with Crippen molar-refractivity contribution in [1.82, 2.24) is 9.55 Å². The maximum atomic E-state index is 8.78. The third-order valence-electron chi connectivity index (χ3n) is 3.19. The predicted octanol–water partition coefficient (Wildman–Crippen LogP) is 6.29. The lowest BCUT2D eigenvalue weighted by atomic mass is 10.1. The normalized spacial score (nSPS) is 16.0. The summed E-state index contributed by atoms with van der Waals surface area (Å²) in [6, 6.07) is 11.0. The van der Waals surface area contributed by atoms with Gasteiger partial charge in [0.2, 0.25) is 0 Å². The van der Waals surface area contributed by atoms with Gasteiger partial charge in [0.25, 0.3) is 5.09 Å². The van der Waals surface area contributed by atoms with Crippen LogP contribution in [-0.4, -0.2) is 25.1 Å². The Morgan fingerprint density at radius 2 is 1.83 bits per heavy atom. The Bertz CT molecular complexity index is 1080. The van der Waals surface area contributed by atoms with Crippen molar-refractivity contribution in [1.29, 1.82) is 0 Å². The molecule has 2 aromatic carbocycles. The molecular formula is C19H18Cl3N3O3S. The van der Waals surface area contributed by atoms with Gasteiger partial charge in [-0.2, -0.15) is 0 Å². The first-order valence-corrected chi connectivity index (χ1v) is 9.90. The highest BCUT2D eigenvalue weighted by Gasteiger charge is 2.16. The fourth-order valence-electron chi connectivity index (χ4n) is 2.02. The standard InChI is InChI=1S/C19H17Cl3N2S.HNO3/c20-15-7-4-14(5-8-15)6-9-16(12-24-11-10-23-13-24)25-19-17(21)2-1-3-18(19)22;2-1(3)4/h1-5,7-8,10-11,13,16H,6,9,12H2;(H,2,3,4)/i6D2,9D,12D2;. The van der Waals surface area contributed by atoms with Crippen LogP contribution in [0.15, 0.2) is 66.1 Å². The summed E-state index contributed by atoms with van der Waals surface area (Å²) in [5.41, 5.74) is 0.226. The third-order valence-corrected chi connectivity index (χ3v) is 5.47. The number of hydrogen-bond acceptors (Lipinski definition) is 4. The average Bonchev–Trinajstić information content (AvgIpc) is 3.29. The molecule has 2 unspecified atom stereocenters. The Morgan fingerprint density at radius 3 is 2.38 bits per heavy atom. The molecule has 0 radical (unpaired) electrons. The molecule has 29 heavy (non-hydrogen) atoms. The van der Waals surface area contributed by atoms with Gasteiger partial charge in [-0.05, 0) is 42.6 Å². The van der Waals surface area contributed by atoms with Crippen molar-refractivity contribution < 1.29 is 17.1 Å². The van der Waals surface area contributed by atoms with Crippen molar-refractivity contribution >= 4 is 46.6 Å². The number of benzene rings is 2. The van der Waals surface area contributed by atoms with E-state index >= 15 is 0 Å². The summed E-state index contributed by atoms with van der Waals surface area (Å²) in [6.07, 6.45) is 0.436. The second-order valence-corrected chi connectivity index (χ2v) is 7.65. The molecule has 0 aliphatic heterocycles. The van der Waals surface area contributed by atoms with Gasteiger partial charge in [0.05, 0.1) is 19.1 Å². The highest BCUT2D eigenvalue weighted by molar-refractivity contribution is 8.00. The first-order chi connectivity index (χ1) is 15.8. The zero-order valence-corrected chi connectivity index (χ0v) is 17.7. The molecule has 0 aliphatic carbocycles. The molecule has 1 heterocycles. The number of thioether (sulfide) groups is 1. The Kier molecular flexibility index (Phi) is 6.92. The Morgan fingerprint density at radius 1 is 1.21 bits per heavy atom. The minimum absolute atomic E-state index is 0.226. The quantitative estimate of drug-likeness (QED) is 0.245. The molecule has 0 bridgehead atoms. The molecule has 0 amide bonds. The van der Waals surface area contributed by atoms with Crippen LogP contribution in [0.5, 0.6) is 0 Å². The topological polar surface area (TPSA) is 81.2 Å². The van der Waals surface area contributed by atoms with Crippen molar-refractivity contribution in [2.24, 2.45) is 0 Å². The minimum Gasteiger partial charge on any atom is -0.336 e. The van der Waals surface area contributed by atoms with Crippen LogP contribution in [0.1, 0.15) is 18.8 Å². The van der Waals surface area contributed by atoms with E-state index in [1.54, 1.807) is 30.3 Å². The molecule has 6 nitrogen and oxygen atoms in total. The van der Waals surface area contributed by atoms with Gasteiger partial charge in [0, 0.05) is 38.2 Å². The largest absolute Gasteiger partial charge is 0.336 e. The molecule has 3 aromatic rings. The van der Waals surface area contributed by atoms with Crippen molar-refractivity contribution in [3.8, 4) is 0 Å². The van der Waals surface area contributed by atoms with E-state index in [-0.39, 0.29) is 5.56 Å². The van der Waals surface area contributed by atoms with E-state index in [0.717, 1.165) is 11.8 Å². The number of halogens is 3. The van der Waals surface area contributed by atoms with Gasteiger partial charge >= 0.3 is 0 Å². The number of rotatable bonds is 7. The molecule has 10 heteroatoms. The van der Waals surface area contributed by atoms with Crippen LogP contribution < -0.4 is 0 Å². The molecule has 0 aliphatic rings. The van der Waals surface area contributed by atoms with Crippen molar-refractivity contribution in [2.75, 3.05) is 0 Å². The van der Waals surface area contributed by atoms with Crippen LogP contribution in [0.2, 0.25) is 15.1 Å². The first kappa shape index (κ1) is 16.8. The van der Waals surface area contributed by atoms with E-state index in [1.807, 2.05) is 0 Å². The maximum absolute atomic E-state index is 8.78. The fourth-order valence-corrected chi connectivity index (χ4v) is 3.74. The highest BCUT2D eigenvalue weighted by Crippen LogP contribution is 2.38. The summed E-state index contributed by atoms with van der Waals surface area (Å²) in [4.78, 5) is 12.6. The third kappa shape index (κ3) is 8.53. The summed E-state index contributed by atoms with van der Waals surface area (Å²) in [5, 5.41) is 13.5. The van der Waals surface area contributed by atoms with Gasteiger partial charge in [0.15, 0.2) is 0 Å². The zero-order chi connectivity index (χ0) is 25.7. The Hall–Kier alpha value is -1.93. The molecule has 0 saturated heterocycles. The number of aromatic nitrogens is 2. The first-order valence-electron chi connectivity index (χ1n) is 10.5. The average molecular weight is 480 g/mol. The summed E-state index contributed by atoms with van der Waals surface area (Å²) >= 11 is 19.4. The maximum Gasteiger partial charge on any atom is 0.291 e. The van der Waals surface area contributed by atoms with E-state index in [1.165, 1.54) is 35.4 Å². The molecule has 1 aromatic heterocycles. The van der Waals surface area contributed by atoms with Gasteiger partial charge in [-0.15, -0.1) is 21.9 Å². The van der Waals surface area contributed by atoms with Crippen LogP contribution in [0.4, 0.5) is 0 Å². The van der Waals surface area contributed by atoms with Crippen molar-refractivity contribution in [2.45, 2.75) is 29.4 Å². The Balaban J connectivity index is 0.000000945. The van der Waals surface area contributed by atoms with Crippen LogP contribution >= 0.6 is 46.6 Å². The fraction of sp³-hybridized carbons (Fsp3) is 0.211. The lowest BCUT2D eigenvalue weighted by Crippen LogP contribution is -2.13. The van der Waals surface area contributed by atoms with Crippen LogP contribution in [-0.2, 0) is 12.9 Å². The summed E-state index contributed by atoms with van der Waals surface area (Å²) in [7, 11) is 0. The van der Waals surface area contributed by atoms with Gasteiger partial charge in [-0.25, -0.2) is 4.98 Å². The smallest absolute Gasteiger partial charge is 0.291 e. The van der Waals surface area contributed by atoms with Gasteiger partial charge in [-0.1, -0.05) is 53.0 Å². The molecule has 0 fully saturated rings. The van der Waals surface area contributed by atoms with Gasteiger partial charge < -0.3 is 9.77 Å². The zero-order valence-electron chi connectivity index (χ0n) is 19.6. The highest BCUT2D eigenvalue weighted by atomic mass is 35.5. The second-order valence-electron chi connectivity index (χ2n) is 5.24. The van der Waals surface area contributed by atoms with E-state index in [2.05, 4.69) is 4.98 Å². The Labute approximate surface area is 194 Å². The molecule has 0 saturated carbocycles. The SMILES string of the molecule is O=[N+]([O-])O.[2H]C(C(Sc1c(Cl)cccc1Cl)C([2H])([2H])n1ccnc1)C([2H])([2H])c1ccc(Cl)cc1. The van der Waals surface area contributed by atoms with E-state index < -0.39 is 29.6 Å². The van der Waals surface area contributed by atoms with Gasteiger partial charge in [-0.3, -0.25) is 0 Å². The molecule has 2 atom stereocenters. The monoisotopic (exact) mass is 478 g/mol. The van der Waals surface area contributed by atoms with Crippen LogP contribution in [0.3, 0.4) is 0 Å². The second kappa shape index (κ2) is 11.9. The van der Waals surface area contributed by atoms with Crippen molar-refractivity contribution in [3.05, 3.63) is 91.9 Å². The molecule has 0 spiro atoms. The molecule has 3 rings (SSSR count). The van der Waals surface area contributed by atoms with Crippen molar-refractivity contribution in [3.63, 3.8) is 0 Å². The lowest BCUT2D eigenvalue weighted by molar-refractivity contribution is -0.742. The van der Waals surface area contributed by atoms with Crippen LogP contribution in [0.25, 0.3) is 0 Å². The summed E-state index contributed by atoms with van der Waals surface area (Å²) in [6.45, 7) is -2.17.